The summed E-state index contributed by atoms with van der Waals surface area (Å²) >= 11 is 0. The SMILES string of the molecule is Nc1nccc(-c2c[nH]c3nccc(N4C[C@H](O)[C@@H](O)C4)c23)n1. The molecule has 0 bridgehead atoms. The van der Waals surface area contributed by atoms with E-state index in [0.29, 0.717) is 24.4 Å². The van der Waals surface area contributed by atoms with Crippen molar-refractivity contribution in [3.63, 3.8) is 0 Å². The summed E-state index contributed by atoms with van der Waals surface area (Å²) in [6, 6.07) is 3.65. The van der Waals surface area contributed by atoms with Crippen molar-refractivity contribution in [1.82, 2.24) is 19.9 Å². The van der Waals surface area contributed by atoms with Crippen LogP contribution in [0.25, 0.3) is 22.3 Å². The van der Waals surface area contributed by atoms with E-state index in [4.69, 9.17) is 5.73 Å². The van der Waals surface area contributed by atoms with E-state index in [2.05, 4.69) is 19.9 Å². The van der Waals surface area contributed by atoms with Gasteiger partial charge in [-0.25, -0.2) is 15.0 Å². The van der Waals surface area contributed by atoms with Crippen molar-refractivity contribution in [3.8, 4) is 11.3 Å². The monoisotopic (exact) mass is 312 g/mol. The molecule has 8 heteroatoms. The van der Waals surface area contributed by atoms with Gasteiger partial charge in [0.25, 0.3) is 0 Å². The number of nitrogens with zero attached hydrogens (tertiary/aromatic N) is 4. The average Bonchev–Trinajstić information content (AvgIpc) is 3.11. The zero-order valence-corrected chi connectivity index (χ0v) is 12.2. The maximum absolute atomic E-state index is 9.82. The van der Waals surface area contributed by atoms with E-state index in [-0.39, 0.29) is 5.95 Å². The molecular formula is C15H16N6O2. The van der Waals surface area contributed by atoms with Gasteiger partial charge < -0.3 is 25.8 Å². The number of aromatic nitrogens is 4. The van der Waals surface area contributed by atoms with E-state index in [1.165, 1.54) is 0 Å². The highest BCUT2D eigenvalue weighted by Crippen LogP contribution is 2.35. The van der Waals surface area contributed by atoms with Gasteiger partial charge in [0.05, 0.1) is 29.0 Å². The van der Waals surface area contributed by atoms with Crippen molar-refractivity contribution in [3.05, 3.63) is 30.7 Å². The van der Waals surface area contributed by atoms with Crippen molar-refractivity contribution >= 4 is 22.7 Å². The quantitative estimate of drug-likeness (QED) is 0.530. The molecule has 1 saturated heterocycles. The first-order valence-corrected chi connectivity index (χ1v) is 7.29. The highest BCUT2D eigenvalue weighted by molar-refractivity contribution is 6.02. The lowest BCUT2D eigenvalue weighted by Crippen LogP contribution is -2.22. The number of β-amino-alcohol motifs (C(OH)–C–C–N with tert-alkyl or cyclic N) is 2. The Morgan fingerprint density at radius 1 is 1.13 bits per heavy atom. The summed E-state index contributed by atoms with van der Waals surface area (Å²) in [5.74, 6) is 0.203. The van der Waals surface area contributed by atoms with Crippen molar-refractivity contribution < 1.29 is 10.2 Å². The van der Waals surface area contributed by atoms with Gasteiger partial charge in [0.15, 0.2) is 0 Å². The van der Waals surface area contributed by atoms with Crippen LogP contribution in [0.1, 0.15) is 0 Å². The Morgan fingerprint density at radius 3 is 2.61 bits per heavy atom. The largest absolute Gasteiger partial charge is 0.389 e. The number of aliphatic hydroxyl groups excluding tert-OH is 2. The fourth-order valence-electron chi connectivity index (χ4n) is 2.99. The summed E-state index contributed by atoms with van der Waals surface area (Å²) in [6.07, 6.45) is 3.62. The number of hydrogen-bond donors (Lipinski definition) is 4. The van der Waals surface area contributed by atoms with Crippen molar-refractivity contribution in [2.75, 3.05) is 23.7 Å². The molecule has 1 fully saturated rings. The molecule has 4 rings (SSSR count). The number of aliphatic hydroxyl groups is 2. The lowest BCUT2D eigenvalue weighted by molar-refractivity contribution is 0.0572. The summed E-state index contributed by atoms with van der Waals surface area (Å²) in [5, 5.41) is 20.5. The molecular weight excluding hydrogens is 296 g/mol. The van der Waals surface area contributed by atoms with Crippen LogP contribution in [0, 0.1) is 0 Å². The number of hydrogen-bond acceptors (Lipinski definition) is 7. The standard InChI is InChI=1S/C15H16N6O2/c16-15-18-3-1-9(20-15)8-5-19-14-13(8)10(2-4-17-14)21-6-11(22)12(23)7-21/h1-5,11-12,22-23H,6-7H2,(H,17,19)(H2,16,18,20)/t11-,12-/m0/s1. The minimum absolute atomic E-state index is 0.203. The summed E-state index contributed by atoms with van der Waals surface area (Å²) in [4.78, 5) is 17.6. The van der Waals surface area contributed by atoms with Crippen molar-refractivity contribution in [1.29, 1.82) is 0 Å². The topological polar surface area (TPSA) is 124 Å². The number of pyridine rings is 1. The Labute approximate surface area is 131 Å². The first-order valence-electron chi connectivity index (χ1n) is 7.29. The van der Waals surface area contributed by atoms with Gasteiger partial charge in [-0.1, -0.05) is 0 Å². The van der Waals surface area contributed by atoms with E-state index in [1.54, 1.807) is 18.5 Å². The molecule has 23 heavy (non-hydrogen) atoms. The van der Waals surface area contributed by atoms with E-state index >= 15 is 0 Å². The highest BCUT2D eigenvalue weighted by atomic mass is 16.3. The number of nitrogen functional groups attached to an aromatic ring is 1. The van der Waals surface area contributed by atoms with Gasteiger partial charge in [0.2, 0.25) is 5.95 Å². The van der Waals surface area contributed by atoms with Gasteiger partial charge in [-0.05, 0) is 12.1 Å². The van der Waals surface area contributed by atoms with Crippen LogP contribution >= 0.6 is 0 Å². The second-order valence-electron chi connectivity index (χ2n) is 5.60. The summed E-state index contributed by atoms with van der Waals surface area (Å²) in [5.41, 5.74) is 8.83. The Morgan fingerprint density at radius 2 is 1.87 bits per heavy atom. The van der Waals surface area contributed by atoms with Crippen LogP contribution in [0.15, 0.2) is 30.7 Å². The number of nitrogens with one attached hydrogen (secondary N) is 1. The molecule has 3 aromatic heterocycles. The number of aromatic amines is 1. The zero-order valence-electron chi connectivity index (χ0n) is 12.2. The molecule has 3 aromatic rings. The third kappa shape index (κ3) is 2.28. The zero-order chi connectivity index (χ0) is 16.0. The average molecular weight is 312 g/mol. The number of H-pyrrole nitrogens is 1. The van der Waals surface area contributed by atoms with Crippen molar-refractivity contribution in [2.24, 2.45) is 0 Å². The lowest BCUT2D eigenvalue weighted by Gasteiger charge is -2.19. The molecule has 0 saturated carbocycles. The van der Waals surface area contributed by atoms with Gasteiger partial charge in [0.1, 0.15) is 5.65 Å². The van der Waals surface area contributed by atoms with Crippen LogP contribution in [0.3, 0.4) is 0 Å². The van der Waals surface area contributed by atoms with Crippen LogP contribution in [-0.2, 0) is 0 Å². The summed E-state index contributed by atoms with van der Waals surface area (Å²) < 4.78 is 0. The van der Waals surface area contributed by atoms with Crippen LogP contribution in [0.4, 0.5) is 11.6 Å². The molecule has 0 aliphatic carbocycles. The first-order chi connectivity index (χ1) is 11.1. The molecule has 0 radical (unpaired) electrons. The molecule has 0 amide bonds. The van der Waals surface area contributed by atoms with Crippen LogP contribution in [-0.4, -0.2) is 55.4 Å². The van der Waals surface area contributed by atoms with Crippen LogP contribution < -0.4 is 10.6 Å². The van der Waals surface area contributed by atoms with E-state index in [1.807, 2.05) is 17.2 Å². The maximum Gasteiger partial charge on any atom is 0.220 e. The van der Waals surface area contributed by atoms with Crippen LogP contribution in [0.5, 0.6) is 0 Å². The molecule has 8 nitrogen and oxygen atoms in total. The Kier molecular flexibility index (Phi) is 3.14. The molecule has 1 aliphatic heterocycles. The molecule has 118 valence electrons. The molecule has 0 spiro atoms. The summed E-state index contributed by atoms with van der Waals surface area (Å²) in [7, 11) is 0. The minimum Gasteiger partial charge on any atom is -0.389 e. The number of nitrogens with two attached hydrogens (primary N) is 1. The molecule has 0 unspecified atom stereocenters. The van der Waals surface area contributed by atoms with Gasteiger partial charge in [-0.3, -0.25) is 0 Å². The Bertz CT molecular complexity index is 854. The fourth-order valence-corrected chi connectivity index (χ4v) is 2.99. The van der Waals surface area contributed by atoms with E-state index in [9.17, 15) is 10.2 Å². The van der Waals surface area contributed by atoms with Gasteiger partial charge in [0, 0.05) is 37.2 Å². The van der Waals surface area contributed by atoms with Crippen LogP contribution in [0.2, 0.25) is 0 Å². The highest BCUT2D eigenvalue weighted by Gasteiger charge is 2.31. The number of anilines is 2. The van der Waals surface area contributed by atoms with Gasteiger partial charge >= 0.3 is 0 Å². The molecule has 4 heterocycles. The summed E-state index contributed by atoms with van der Waals surface area (Å²) in [6.45, 7) is 0.744. The second kappa shape index (κ2) is 5.18. The number of fused-ring (bicyclic) bond motifs is 1. The van der Waals surface area contributed by atoms with E-state index in [0.717, 1.165) is 16.6 Å². The number of rotatable bonds is 2. The lowest BCUT2D eigenvalue weighted by atomic mass is 10.1. The predicted molar refractivity (Wildman–Crippen MR) is 85.8 cm³/mol. The smallest absolute Gasteiger partial charge is 0.220 e. The van der Waals surface area contributed by atoms with E-state index < -0.39 is 12.2 Å². The second-order valence-corrected chi connectivity index (χ2v) is 5.60. The molecule has 2 atom stereocenters. The molecule has 5 N–H and O–H groups in total. The van der Waals surface area contributed by atoms with Crippen molar-refractivity contribution in [2.45, 2.75) is 12.2 Å². The fraction of sp³-hybridized carbons (Fsp3) is 0.267. The predicted octanol–water partition coefficient (Wildman–Crippen LogP) is 0.144. The normalized spacial score (nSPS) is 21.2. The third-order valence-corrected chi connectivity index (χ3v) is 4.10. The Hall–Kier alpha value is -2.71. The third-order valence-electron chi connectivity index (χ3n) is 4.10. The molecule has 1 aliphatic rings. The minimum atomic E-state index is -0.754. The van der Waals surface area contributed by atoms with Gasteiger partial charge in [-0.2, -0.15) is 0 Å². The Balaban J connectivity index is 1.88. The molecule has 0 aromatic carbocycles. The van der Waals surface area contributed by atoms with Gasteiger partial charge in [-0.15, -0.1) is 0 Å². The first kappa shape index (κ1) is 13.9. The maximum atomic E-state index is 9.82.